The summed E-state index contributed by atoms with van der Waals surface area (Å²) in [6.07, 6.45) is 0. The van der Waals surface area contributed by atoms with Crippen LogP contribution in [-0.2, 0) is 21.4 Å². The lowest BCUT2D eigenvalue weighted by molar-refractivity contribution is 0.0597. The largest absolute Gasteiger partial charge is 0.487 e. The molecule has 1 heterocycles. The molecular formula is C23H18ClNO6S. The number of esters is 1. The molecule has 0 bridgehead atoms. The summed E-state index contributed by atoms with van der Waals surface area (Å²) in [5.74, 6) is -0.264. The maximum absolute atomic E-state index is 12.9. The van der Waals surface area contributed by atoms with E-state index in [1.807, 2.05) is 0 Å². The molecule has 0 fully saturated rings. The third-order valence-corrected chi connectivity index (χ3v) is 6.11. The zero-order valence-electron chi connectivity index (χ0n) is 16.9. The Balaban J connectivity index is 1.61. The van der Waals surface area contributed by atoms with Gasteiger partial charge in [-0.2, -0.15) is 8.42 Å². The van der Waals surface area contributed by atoms with E-state index in [4.69, 9.17) is 25.5 Å². The molecule has 32 heavy (non-hydrogen) atoms. The molecule has 1 aromatic heterocycles. The van der Waals surface area contributed by atoms with Gasteiger partial charge in [0.1, 0.15) is 17.9 Å². The fraction of sp³-hybridized carbons (Fsp3) is 0.0870. The van der Waals surface area contributed by atoms with E-state index in [1.165, 1.54) is 19.2 Å². The van der Waals surface area contributed by atoms with E-state index < -0.39 is 16.0 Å². The predicted octanol–water partition coefficient (Wildman–Crippen LogP) is 5.25. The number of para-hydroxylation sites is 1. The topological polar surface area (TPSA) is 94.8 Å². The average molecular weight is 472 g/mol. The minimum Gasteiger partial charge on any atom is -0.487 e. The van der Waals surface area contributed by atoms with Crippen LogP contribution < -0.4 is 9.46 Å². The molecule has 0 spiro atoms. The fourth-order valence-electron chi connectivity index (χ4n) is 3.10. The highest BCUT2D eigenvalue weighted by atomic mass is 35.5. The van der Waals surface area contributed by atoms with E-state index >= 15 is 0 Å². The van der Waals surface area contributed by atoms with Gasteiger partial charge in [-0.05, 0) is 30.3 Å². The van der Waals surface area contributed by atoms with E-state index in [-0.39, 0.29) is 23.1 Å². The van der Waals surface area contributed by atoms with E-state index in [1.54, 1.807) is 60.7 Å². The summed E-state index contributed by atoms with van der Waals surface area (Å²) in [6, 6.07) is 19.8. The van der Waals surface area contributed by atoms with Gasteiger partial charge in [-0.1, -0.05) is 48.0 Å². The standard InChI is InChI=1S/C23H18ClNO6S/c1-29-23(26)18-8-4-2-7-16(18)14-30-21-11-10-17(24)13-19(21)25-32(27,28)22-12-15-6-3-5-9-20(15)31-22/h2-13,25H,14H2,1H3. The van der Waals surface area contributed by atoms with Gasteiger partial charge in [-0.3, -0.25) is 4.72 Å². The van der Waals surface area contributed by atoms with Crippen LogP contribution in [0, 0.1) is 0 Å². The maximum atomic E-state index is 12.9. The van der Waals surface area contributed by atoms with Crippen LogP contribution in [0.3, 0.4) is 0 Å². The van der Waals surface area contributed by atoms with Crippen molar-refractivity contribution in [2.45, 2.75) is 11.7 Å². The van der Waals surface area contributed by atoms with Crippen molar-refractivity contribution in [3.63, 3.8) is 0 Å². The quantitative estimate of drug-likeness (QED) is 0.370. The van der Waals surface area contributed by atoms with Gasteiger partial charge in [-0.15, -0.1) is 0 Å². The van der Waals surface area contributed by atoms with Crippen molar-refractivity contribution in [2.24, 2.45) is 0 Å². The molecule has 0 aliphatic carbocycles. The van der Waals surface area contributed by atoms with Gasteiger partial charge in [0, 0.05) is 22.0 Å². The maximum Gasteiger partial charge on any atom is 0.338 e. The van der Waals surface area contributed by atoms with Crippen LogP contribution in [-0.4, -0.2) is 21.5 Å². The third-order valence-electron chi connectivity index (χ3n) is 4.66. The highest BCUT2D eigenvalue weighted by Gasteiger charge is 2.22. The third kappa shape index (κ3) is 4.56. The van der Waals surface area contributed by atoms with Crippen molar-refractivity contribution in [3.8, 4) is 5.75 Å². The molecule has 4 aromatic rings. The number of hydrogen-bond donors (Lipinski definition) is 1. The average Bonchev–Trinajstić information content (AvgIpc) is 3.23. The number of halogens is 1. The number of sulfonamides is 1. The van der Waals surface area contributed by atoms with Crippen LogP contribution in [0.2, 0.25) is 5.02 Å². The number of carbonyl (C=O) groups excluding carboxylic acids is 1. The molecule has 0 aliphatic rings. The summed E-state index contributed by atoms with van der Waals surface area (Å²) < 4.78 is 44.4. The number of fused-ring (bicyclic) bond motifs is 1. The van der Waals surface area contributed by atoms with Crippen molar-refractivity contribution in [1.29, 1.82) is 0 Å². The second-order valence-corrected chi connectivity index (χ2v) is 8.84. The Labute approximate surface area is 189 Å². The second-order valence-electron chi connectivity index (χ2n) is 6.79. The van der Waals surface area contributed by atoms with E-state index in [2.05, 4.69) is 4.72 Å². The van der Waals surface area contributed by atoms with Gasteiger partial charge < -0.3 is 13.9 Å². The minimum atomic E-state index is -4.05. The Morgan fingerprint density at radius 2 is 1.78 bits per heavy atom. The van der Waals surface area contributed by atoms with Crippen LogP contribution in [0.15, 0.2) is 82.3 Å². The van der Waals surface area contributed by atoms with Crippen LogP contribution in [0.5, 0.6) is 5.75 Å². The minimum absolute atomic E-state index is 0.00622. The summed E-state index contributed by atoms with van der Waals surface area (Å²) in [5, 5.41) is 0.741. The first kappa shape index (κ1) is 21.7. The Morgan fingerprint density at radius 1 is 1.03 bits per heavy atom. The number of nitrogens with one attached hydrogen (secondary N) is 1. The van der Waals surface area contributed by atoms with Gasteiger partial charge in [-0.25, -0.2) is 4.79 Å². The highest BCUT2D eigenvalue weighted by molar-refractivity contribution is 7.92. The summed E-state index contributed by atoms with van der Waals surface area (Å²) in [4.78, 5) is 12.0. The molecular weight excluding hydrogens is 454 g/mol. The van der Waals surface area contributed by atoms with Crippen molar-refractivity contribution < 1.29 is 27.1 Å². The van der Waals surface area contributed by atoms with Crippen molar-refractivity contribution in [1.82, 2.24) is 0 Å². The number of rotatable bonds is 7. The first-order valence-electron chi connectivity index (χ1n) is 9.47. The van der Waals surface area contributed by atoms with Crippen molar-refractivity contribution >= 4 is 44.3 Å². The van der Waals surface area contributed by atoms with Gasteiger partial charge in [0.25, 0.3) is 10.0 Å². The summed E-state index contributed by atoms with van der Waals surface area (Å²) >= 11 is 6.08. The SMILES string of the molecule is COC(=O)c1ccccc1COc1ccc(Cl)cc1NS(=O)(=O)c1cc2ccccc2o1. The van der Waals surface area contributed by atoms with Gasteiger partial charge in [0.15, 0.2) is 0 Å². The molecule has 9 heteroatoms. The molecule has 0 unspecified atom stereocenters. The molecule has 0 saturated heterocycles. The molecule has 0 radical (unpaired) electrons. The number of benzene rings is 3. The molecule has 164 valence electrons. The molecule has 1 N–H and O–H groups in total. The normalized spacial score (nSPS) is 11.3. The lowest BCUT2D eigenvalue weighted by atomic mass is 10.1. The van der Waals surface area contributed by atoms with Crippen LogP contribution in [0.1, 0.15) is 15.9 Å². The van der Waals surface area contributed by atoms with Crippen LogP contribution in [0.4, 0.5) is 5.69 Å². The monoisotopic (exact) mass is 471 g/mol. The lowest BCUT2D eigenvalue weighted by Crippen LogP contribution is -2.13. The number of methoxy groups -OCH3 is 1. The molecule has 3 aromatic carbocycles. The summed E-state index contributed by atoms with van der Waals surface area (Å²) in [5.41, 5.74) is 1.53. The van der Waals surface area contributed by atoms with Gasteiger partial charge in [0.05, 0.1) is 18.4 Å². The molecule has 4 rings (SSSR count). The molecule has 0 aliphatic heterocycles. The van der Waals surface area contributed by atoms with Crippen molar-refractivity contribution in [3.05, 3.63) is 88.9 Å². The lowest BCUT2D eigenvalue weighted by Gasteiger charge is -2.14. The molecule has 0 saturated carbocycles. The smallest absolute Gasteiger partial charge is 0.338 e. The van der Waals surface area contributed by atoms with E-state index in [9.17, 15) is 13.2 Å². The Kier molecular flexibility index (Phi) is 6.07. The number of anilines is 1. The van der Waals surface area contributed by atoms with Crippen LogP contribution in [0.25, 0.3) is 11.0 Å². The molecule has 0 amide bonds. The first-order chi connectivity index (χ1) is 15.4. The molecule has 7 nitrogen and oxygen atoms in total. The second kappa shape index (κ2) is 8.94. The molecule has 0 atom stereocenters. The zero-order chi connectivity index (χ0) is 22.7. The van der Waals surface area contributed by atoms with Gasteiger partial charge in [0.2, 0.25) is 5.09 Å². The highest BCUT2D eigenvalue weighted by Crippen LogP contribution is 2.32. The number of carbonyl (C=O) groups is 1. The Bertz CT molecular complexity index is 1360. The first-order valence-corrected chi connectivity index (χ1v) is 11.3. The Morgan fingerprint density at radius 3 is 2.56 bits per heavy atom. The summed E-state index contributed by atoms with van der Waals surface area (Å²) in [7, 11) is -2.76. The number of hydrogen-bond acceptors (Lipinski definition) is 6. The van der Waals surface area contributed by atoms with Crippen molar-refractivity contribution in [2.75, 3.05) is 11.8 Å². The Hall–Kier alpha value is -3.49. The fourth-order valence-corrected chi connectivity index (χ4v) is 4.31. The van der Waals surface area contributed by atoms with Crippen LogP contribution >= 0.6 is 11.6 Å². The number of furan rings is 1. The van der Waals surface area contributed by atoms with Gasteiger partial charge >= 0.3 is 5.97 Å². The zero-order valence-corrected chi connectivity index (χ0v) is 18.4. The summed E-state index contributed by atoms with van der Waals surface area (Å²) in [6.45, 7) is 0.00622. The van der Waals surface area contributed by atoms with E-state index in [0.717, 1.165) is 0 Å². The number of ether oxygens (including phenoxy) is 2. The predicted molar refractivity (Wildman–Crippen MR) is 121 cm³/mol. The van der Waals surface area contributed by atoms with E-state index in [0.29, 0.717) is 27.1 Å².